The first kappa shape index (κ1) is 14.0. The van der Waals surface area contributed by atoms with Crippen molar-refractivity contribution in [2.45, 2.75) is 45.1 Å². The van der Waals surface area contributed by atoms with E-state index >= 15 is 0 Å². The Hall–Kier alpha value is -1.10. The van der Waals surface area contributed by atoms with Crippen LogP contribution in [0.4, 0.5) is 0 Å². The lowest BCUT2D eigenvalue weighted by Crippen LogP contribution is -2.41. The molecular weight excluding hydrogens is 222 g/mol. The van der Waals surface area contributed by atoms with Gasteiger partial charge in [0.15, 0.2) is 0 Å². The second-order valence-corrected chi connectivity index (χ2v) is 4.14. The van der Waals surface area contributed by atoms with E-state index in [0.29, 0.717) is 32.6 Å². The quantitative estimate of drug-likeness (QED) is 0.509. The molecule has 1 rings (SSSR count). The minimum Gasteiger partial charge on any atom is -0.466 e. The Morgan fingerprint density at radius 1 is 1.18 bits per heavy atom. The van der Waals surface area contributed by atoms with Crippen LogP contribution < -0.4 is 5.32 Å². The van der Waals surface area contributed by atoms with Crippen LogP contribution in [0.2, 0.25) is 0 Å². The molecular formula is C12H21NO4. The van der Waals surface area contributed by atoms with Crippen LogP contribution in [-0.4, -0.2) is 37.2 Å². The van der Waals surface area contributed by atoms with E-state index in [0.717, 1.165) is 12.8 Å². The maximum Gasteiger partial charge on any atom is 0.326 e. The summed E-state index contributed by atoms with van der Waals surface area (Å²) in [6.45, 7) is 5.05. The van der Waals surface area contributed by atoms with Crippen molar-refractivity contribution in [2.24, 2.45) is 0 Å². The maximum absolute atomic E-state index is 11.6. The van der Waals surface area contributed by atoms with Gasteiger partial charge >= 0.3 is 11.9 Å². The van der Waals surface area contributed by atoms with Gasteiger partial charge < -0.3 is 14.8 Å². The monoisotopic (exact) mass is 243 g/mol. The Morgan fingerprint density at radius 3 is 2.35 bits per heavy atom. The molecule has 0 aromatic carbocycles. The van der Waals surface area contributed by atoms with E-state index in [-0.39, 0.29) is 11.9 Å². The first-order valence-corrected chi connectivity index (χ1v) is 6.22. The minimum absolute atomic E-state index is 0.170. The predicted octanol–water partition coefficient (Wildman–Crippen LogP) is 1.01. The molecule has 0 spiro atoms. The van der Waals surface area contributed by atoms with Crippen molar-refractivity contribution in [3.05, 3.63) is 0 Å². The fourth-order valence-corrected chi connectivity index (χ4v) is 1.64. The number of hydrogen-bond acceptors (Lipinski definition) is 5. The van der Waals surface area contributed by atoms with Gasteiger partial charge in [0.1, 0.15) is 5.54 Å². The molecule has 0 unspecified atom stereocenters. The van der Waals surface area contributed by atoms with Crippen LogP contribution in [0.3, 0.4) is 0 Å². The third-order valence-corrected chi connectivity index (χ3v) is 2.74. The third kappa shape index (κ3) is 4.34. The summed E-state index contributed by atoms with van der Waals surface area (Å²) >= 11 is 0. The number of hydrogen-bond donors (Lipinski definition) is 1. The van der Waals surface area contributed by atoms with Crippen LogP contribution in [0.1, 0.15) is 39.5 Å². The Balaban J connectivity index is 2.14. The van der Waals surface area contributed by atoms with Crippen LogP contribution in [0.5, 0.6) is 0 Å². The number of carbonyl (C=O) groups is 2. The van der Waals surface area contributed by atoms with Gasteiger partial charge in [0.2, 0.25) is 0 Å². The fraction of sp³-hybridized carbons (Fsp3) is 0.833. The Morgan fingerprint density at radius 2 is 1.82 bits per heavy atom. The van der Waals surface area contributed by atoms with Crippen LogP contribution in [0.15, 0.2) is 0 Å². The summed E-state index contributed by atoms with van der Waals surface area (Å²) in [5.74, 6) is -0.355. The second-order valence-electron chi connectivity index (χ2n) is 4.14. The molecule has 0 atom stereocenters. The highest BCUT2D eigenvalue weighted by Gasteiger charge is 2.50. The average molecular weight is 243 g/mol. The third-order valence-electron chi connectivity index (χ3n) is 2.74. The highest BCUT2D eigenvalue weighted by atomic mass is 16.5. The number of ether oxygens (including phenoxy) is 2. The number of rotatable bonds is 8. The van der Waals surface area contributed by atoms with Gasteiger partial charge in [-0.2, -0.15) is 0 Å². The minimum atomic E-state index is -0.468. The van der Waals surface area contributed by atoms with Crippen molar-refractivity contribution in [2.75, 3.05) is 19.8 Å². The number of esters is 2. The molecule has 0 heterocycles. The molecule has 1 saturated carbocycles. The molecule has 0 aromatic rings. The summed E-state index contributed by atoms with van der Waals surface area (Å²) in [6.07, 6.45) is 2.72. The zero-order valence-electron chi connectivity index (χ0n) is 10.6. The van der Waals surface area contributed by atoms with Gasteiger partial charge in [-0.05, 0) is 39.7 Å². The predicted molar refractivity (Wildman–Crippen MR) is 62.5 cm³/mol. The molecule has 0 saturated heterocycles. The molecule has 0 bridgehead atoms. The first-order valence-electron chi connectivity index (χ1n) is 6.22. The maximum atomic E-state index is 11.6. The van der Waals surface area contributed by atoms with Crippen molar-refractivity contribution in [1.29, 1.82) is 0 Å². The van der Waals surface area contributed by atoms with E-state index in [9.17, 15) is 9.59 Å². The SMILES string of the molecule is CCOC(=O)CCCNC1(C(=O)OCC)CC1. The molecule has 1 fully saturated rings. The molecule has 17 heavy (non-hydrogen) atoms. The lowest BCUT2D eigenvalue weighted by Gasteiger charge is -2.15. The molecule has 5 nitrogen and oxygen atoms in total. The summed E-state index contributed by atoms with van der Waals surface area (Å²) < 4.78 is 9.81. The van der Waals surface area contributed by atoms with E-state index in [1.165, 1.54) is 0 Å². The van der Waals surface area contributed by atoms with Gasteiger partial charge in [-0.15, -0.1) is 0 Å². The summed E-state index contributed by atoms with van der Waals surface area (Å²) in [4.78, 5) is 22.7. The van der Waals surface area contributed by atoms with Crippen molar-refractivity contribution >= 4 is 11.9 Å². The smallest absolute Gasteiger partial charge is 0.326 e. The van der Waals surface area contributed by atoms with Crippen LogP contribution in [0.25, 0.3) is 0 Å². The zero-order chi connectivity index (χ0) is 12.7. The topological polar surface area (TPSA) is 64.6 Å². The van der Waals surface area contributed by atoms with Crippen molar-refractivity contribution in [3.63, 3.8) is 0 Å². The first-order chi connectivity index (χ1) is 8.14. The molecule has 0 aliphatic heterocycles. The Labute approximate surface area is 102 Å². The normalized spacial score (nSPS) is 16.4. The average Bonchev–Trinajstić information content (AvgIpc) is 3.06. The van der Waals surface area contributed by atoms with E-state index in [1.807, 2.05) is 0 Å². The molecule has 0 aromatic heterocycles. The molecule has 0 radical (unpaired) electrons. The fourth-order valence-electron chi connectivity index (χ4n) is 1.64. The van der Waals surface area contributed by atoms with Gasteiger partial charge in [0.25, 0.3) is 0 Å². The molecule has 98 valence electrons. The van der Waals surface area contributed by atoms with E-state index in [2.05, 4.69) is 5.32 Å². The number of nitrogens with one attached hydrogen (secondary N) is 1. The van der Waals surface area contributed by atoms with E-state index < -0.39 is 5.54 Å². The second kappa shape index (κ2) is 6.59. The van der Waals surface area contributed by atoms with Gasteiger partial charge in [0, 0.05) is 6.42 Å². The summed E-state index contributed by atoms with van der Waals surface area (Å²) in [7, 11) is 0. The van der Waals surface area contributed by atoms with E-state index in [1.54, 1.807) is 13.8 Å². The molecule has 1 N–H and O–H groups in total. The Bertz CT molecular complexity index is 274. The molecule has 1 aliphatic carbocycles. The van der Waals surface area contributed by atoms with E-state index in [4.69, 9.17) is 9.47 Å². The largest absolute Gasteiger partial charge is 0.466 e. The lowest BCUT2D eigenvalue weighted by atomic mass is 10.2. The van der Waals surface area contributed by atoms with Gasteiger partial charge in [-0.3, -0.25) is 9.59 Å². The standard InChI is InChI=1S/C12H21NO4/c1-3-16-10(14)6-5-9-13-12(7-8-12)11(15)17-4-2/h13H,3-9H2,1-2H3. The van der Waals surface area contributed by atoms with Gasteiger partial charge in [0.05, 0.1) is 13.2 Å². The van der Waals surface area contributed by atoms with Crippen molar-refractivity contribution in [3.8, 4) is 0 Å². The van der Waals surface area contributed by atoms with Crippen molar-refractivity contribution < 1.29 is 19.1 Å². The summed E-state index contributed by atoms with van der Waals surface area (Å²) in [5, 5.41) is 3.17. The zero-order valence-corrected chi connectivity index (χ0v) is 10.6. The Kier molecular flexibility index (Phi) is 5.41. The molecule has 5 heteroatoms. The molecule has 1 aliphatic rings. The van der Waals surface area contributed by atoms with Crippen LogP contribution in [-0.2, 0) is 19.1 Å². The van der Waals surface area contributed by atoms with Gasteiger partial charge in [-0.1, -0.05) is 0 Å². The molecule has 0 amide bonds. The summed E-state index contributed by atoms with van der Waals surface area (Å²) in [6, 6.07) is 0. The van der Waals surface area contributed by atoms with Crippen LogP contribution >= 0.6 is 0 Å². The highest BCUT2D eigenvalue weighted by Crippen LogP contribution is 2.36. The number of carbonyl (C=O) groups excluding carboxylic acids is 2. The van der Waals surface area contributed by atoms with Gasteiger partial charge in [-0.25, -0.2) is 0 Å². The lowest BCUT2D eigenvalue weighted by molar-refractivity contribution is -0.146. The summed E-state index contributed by atoms with van der Waals surface area (Å²) in [5.41, 5.74) is -0.468. The van der Waals surface area contributed by atoms with Crippen molar-refractivity contribution in [1.82, 2.24) is 5.32 Å². The highest BCUT2D eigenvalue weighted by molar-refractivity contribution is 5.84. The van der Waals surface area contributed by atoms with Crippen LogP contribution in [0, 0.1) is 0 Å².